The zero-order valence-electron chi connectivity index (χ0n) is 6.50. The first-order valence-corrected chi connectivity index (χ1v) is 3.82. The van der Waals surface area contributed by atoms with Crippen molar-refractivity contribution in [1.29, 1.82) is 0 Å². The fourth-order valence-electron chi connectivity index (χ4n) is 0.679. The van der Waals surface area contributed by atoms with Crippen molar-refractivity contribution in [3.05, 3.63) is 29.0 Å². The summed E-state index contributed by atoms with van der Waals surface area (Å²) in [5, 5.41) is 0.355. The maximum Gasteiger partial charge on any atom is 0.356 e. The van der Waals surface area contributed by atoms with Gasteiger partial charge in [0.2, 0.25) is 0 Å². The molecular formula is C8H7ClNO2. The summed E-state index contributed by atoms with van der Waals surface area (Å²) in [6.45, 7) is 2.06. The number of ether oxygens (including phenoxy) is 1. The van der Waals surface area contributed by atoms with Crippen LogP contribution in [0, 0.1) is 6.07 Å². The van der Waals surface area contributed by atoms with Gasteiger partial charge in [0.15, 0.2) is 0 Å². The third-order valence-electron chi connectivity index (χ3n) is 1.15. The summed E-state index contributed by atoms with van der Waals surface area (Å²) < 4.78 is 4.71. The smallest absolute Gasteiger partial charge is 0.356 e. The number of hydrogen-bond donors (Lipinski definition) is 0. The molecule has 0 aliphatic heterocycles. The number of nitrogens with zero attached hydrogens (tertiary/aromatic N) is 1. The summed E-state index contributed by atoms with van der Waals surface area (Å²) in [4.78, 5) is 14.8. The Morgan fingerprint density at radius 2 is 2.58 bits per heavy atom. The molecule has 0 saturated carbocycles. The summed E-state index contributed by atoms with van der Waals surface area (Å²) in [6.07, 6.45) is 1.34. The fourth-order valence-corrected chi connectivity index (χ4v) is 0.831. The molecule has 0 atom stereocenters. The lowest BCUT2D eigenvalue weighted by Crippen LogP contribution is -2.06. The maximum atomic E-state index is 11.0. The van der Waals surface area contributed by atoms with Crippen LogP contribution in [-0.4, -0.2) is 17.6 Å². The van der Waals surface area contributed by atoms with Crippen LogP contribution in [-0.2, 0) is 4.74 Å². The molecule has 0 saturated heterocycles. The van der Waals surface area contributed by atoms with Crippen LogP contribution in [0.15, 0.2) is 12.3 Å². The third-order valence-corrected chi connectivity index (χ3v) is 1.37. The first-order chi connectivity index (χ1) is 5.74. The van der Waals surface area contributed by atoms with Crippen molar-refractivity contribution in [2.45, 2.75) is 6.92 Å². The first kappa shape index (κ1) is 9.00. The highest BCUT2D eigenvalue weighted by Crippen LogP contribution is 2.07. The van der Waals surface area contributed by atoms with E-state index >= 15 is 0 Å². The van der Waals surface area contributed by atoms with Gasteiger partial charge in [-0.05, 0) is 13.0 Å². The molecule has 12 heavy (non-hydrogen) atoms. The summed E-state index contributed by atoms with van der Waals surface area (Å²) >= 11 is 5.59. The van der Waals surface area contributed by atoms with Crippen LogP contribution in [0.1, 0.15) is 17.4 Å². The predicted molar refractivity (Wildman–Crippen MR) is 44.0 cm³/mol. The average Bonchev–Trinajstić information content (AvgIpc) is 2.05. The molecule has 1 aromatic rings. The van der Waals surface area contributed by atoms with Crippen molar-refractivity contribution < 1.29 is 9.53 Å². The number of carbonyl (C=O) groups is 1. The monoisotopic (exact) mass is 184 g/mol. The van der Waals surface area contributed by atoms with E-state index in [1.807, 2.05) is 0 Å². The first-order valence-electron chi connectivity index (χ1n) is 3.44. The van der Waals surface area contributed by atoms with Gasteiger partial charge in [-0.2, -0.15) is 0 Å². The number of rotatable bonds is 2. The highest BCUT2D eigenvalue weighted by atomic mass is 35.5. The second-order valence-corrected chi connectivity index (χ2v) is 2.41. The van der Waals surface area contributed by atoms with Crippen molar-refractivity contribution in [2.24, 2.45) is 0 Å². The van der Waals surface area contributed by atoms with Gasteiger partial charge in [-0.25, -0.2) is 9.78 Å². The van der Waals surface area contributed by atoms with Crippen LogP contribution in [0.3, 0.4) is 0 Å². The zero-order valence-corrected chi connectivity index (χ0v) is 7.26. The summed E-state index contributed by atoms with van der Waals surface area (Å²) in [5.41, 5.74) is 0.209. The van der Waals surface area contributed by atoms with Gasteiger partial charge < -0.3 is 4.74 Å². The molecular weight excluding hydrogens is 178 g/mol. The van der Waals surface area contributed by atoms with E-state index in [4.69, 9.17) is 16.3 Å². The molecule has 0 aromatic carbocycles. The third kappa shape index (κ3) is 2.20. The van der Waals surface area contributed by atoms with Crippen LogP contribution in [0.5, 0.6) is 0 Å². The van der Waals surface area contributed by atoms with E-state index in [9.17, 15) is 4.79 Å². The minimum Gasteiger partial charge on any atom is -0.461 e. The highest BCUT2D eigenvalue weighted by Gasteiger charge is 2.07. The Kier molecular flexibility index (Phi) is 3.05. The largest absolute Gasteiger partial charge is 0.461 e. The van der Waals surface area contributed by atoms with Crippen molar-refractivity contribution in [2.75, 3.05) is 6.61 Å². The lowest BCUT2D eigenvalue weighted by atomic mass is 10.3. The molecule has 0 amide bonds. The van der Waals surface area contributed by atoms with E-state index in [1.165, 1.54) is 12.3 Å². The van der Waals surface area contributed by atoms with Crippen LogP contribution >= 0.6 is 11.6 Å². The van der Waals surface area contributed by atoms with Gasteiger partial charge in [-0.15, -0.1) is 0 Å². The second-order valence-electron chi connectivity index (χ2n) is 2.00. The predicted octanol–water partition coefficient (Wildman–Crippen LogP) is 1.71. The number of hydrogen-bond acceptors (Lipinski definition) is 3. The number of aromatic nitrogens is 1. The van der Waals surface area contributed by atoms with E-state index in [2.05, 4.69) is 11.1 Å². The minimum atomic E-state index is -0.464. The number of halogens is 1. The molecule has 0 unspecified atom stereocenters. The number of carbonyl (C=O) groups excluding carboxylic acids is 1. The Labute approximate surface area is 75.3 Å². The molecule has 4 heteroatoms. The van der Waals surface area contributed by atoms with Gasteiger partial charge in [-0.1, -0.05) is 11.6 Å². The molecule has 0 bridgehead atoms. The van der Waals surface area contributed by atoms with Gasteiger partial charge in [0, 0.05) is 12.3 Å². The lowest BCUT2D eigenvalue weighted by molar-refractivity contribution is 0.0519. The maximum absolute atomic E-state index is 11.0. The van der Waals surface area contributed by atoms with E-state index in [-0.39, 0.29) is 5.69 Å². The lowest BCUT2D eigenvalue weighted by Gasteiger charge is -1.99. The van der Waals surface area contributed by atoms with E-state index in [0.717, 1.165) is 0 Å². The average molecular weight is 185 g/mol. The summed E-state index contributed by atoms with van der Waals surface area (Å²) in [6, 6.07) is 4.03. The Bertz CT molecular complexity index is 288. The van der Waals surface area contributed by atoms with Crippen molar-refractivity contribution in [3.63, 3.8) is 0 Å². The summed E-state index contributed by atoms with van der Waals surface area (Å²) in [7, 11) is 0. The number of esters is 1. The Morgan fingerprint density at radius 3 is 3.17 bits per heavy atom. The standard InChI is InChI=1S/C8H7ClNO2/c1-2-12-8(11)7-5-6(9)3-4-10-7/h4-5H,2H2,1H3. The SMILES string of the molecule is CCOC(=O)c1cc(Cl)[c]cn1. The highest BCUT2D eigenvalue weighted by molar-refractivity contribution is 6.30. The molecule has 3 nitrogen and oxygen atoms in total. The van der Waals surface area contributed by atoms with Crippen LogP contribution in [0.2, 0.25) is 5.02 Å². The van der Waals surface area contributed by atoms with E-state index in [1.54, 1.807) is 6.92 Å². The molecule has 63 valence electrons. The van der Waals surface area contributed by atoms with Crippen molar-refractivity contribution in [1.82, 2.24) is 4.98 Å². The molecule has 1 rings (SSSR count). The molecule has 1 heterocycles. The van der Waals surface area contributed by atoms with Crippen LogP contribution in [0.25, 0.3) is 0 Å². The van der Waals surface area contributed by atoms with Gasteiger partial charge in [0.25, 0.3) is 0 Å². The zero-order chi connectivity index (χ0) is 8.97. The Balaban J connectivity index is 2.81. The molecule has 0 aliphatic rings. The van der Waals surface area contributed by atoms with Gasteiger partial charge in [0.05, 0.1) is 11.6 Å². The normalized spacial score (nSPS) is 9.50. The van der Waals surface area contributed by atoms with E-state index < -0.39 is 5.97 Å². The minimum absolute atomic E-state index is 0.209. The van der Waals surface area contributed by atoms with Crippen molar-refractivity contribution >= 4 is 17.6 Å². The van der Waals surface area contributed by atoms with Crippen LogP contribution < -0.4 is 0 Å². The van der Waals surface area contributed by atoms with Gasteiger partial charge in [0.1, 0.15) is 5.69 Å². The Hall–Kier alpha value is -1.09. The van der Waals surface area contributed by atoms with Crippen LogP contribution in [0.4, 0.5) is 0 Å². The fraction of sp³-hybridized carbons (Fsp3) is 0.250. The molecule has 1 aromatic heterocycles. The quantitative estimate of drug-likeness (QED) is 0.657. The second kappa shape index (κ2) is 4.07. The Morgan fingerprint density at radius 1 is 1.83 bits per heavy atom. The molecule has 0 N–H and O–H groups in total. The van der Waals surface area contributed by atoms with E-state index in [0.29, 0.717) is 11.6 Å². The topological polar surface area (TPSA) is 39.2 Å². The molecule has 0 spiro atoms. The molecule has 0 fully saturated rings. The number of pyridine rings is 1. The van der Waals surface area contributed by atoms with Gasteiger partial charge >= 0.3 is 5.97 Å². The molecule has 0 aliphatic carbocycles. The molecule has 1 radical (unpaired) electrons. The summed E-state index contributed by atoms with van der Waals surface area (Å²) in [5.74, 6) is -0.464. The van der Waals surface area contributed by atoms with Gasteiger partial charge in [-0.3, -0.25) is 0 Å². The van der Waals surface area contributed by atoms with Crippen molar-refractivity contribution in [3.8, 4) is 0 Å².